The normalized spacial score (nSPS) is 18.4. The van der Waals surface area contributed by atoms with Gasteiger partial charge < -0.3 is 14.6 Å². The Labute approximate surface area is 168 Å². The van der Waals surface area contributed by atoms with Crippen LogP contribution in [0, 0.1) is 0 Å². The van der Waals surface area contributed by atoms with Crippen LogP contribution in [0.5, 0.6) is 0 Å². The summed E-state index contributed by atoms with van der Waals surface area (Å²) in [5.41, 5.74) is 3.07. The topological polar surface area (TPSA) is 59.4 Å². The molecule has 1 fully saturated rings. The first-order valence-electron chi connectivity index (χ1n) is 10.6. The van der Waals surface area contributed by atoms with E-state index in [1.54, 1.807) is 0 Å². The van der Waals surface area contributed by atoms with Gasteiger partial charge in [0.25, 0.3) is 0 Å². The Morgan fingerprint density at radius 3 is 2.79 bits per heavy atom. The van der Waals surface area contributed by atoms with Crippen molar-refractivity contribution in [3.05, 3.63) is 24.0 Å². The Morgan fingerprint density at radius 2 is 2.04 bits per heavy atom. The molecule has 0 radical (unpaired) electrons. The van der Waals surface area contributed by atoms with Crippen LogP contribution in [0.3, 0.4) is 0 Å². The third-order valence-corrected chi connectivity index (χ3v) is 7.60. The lowest BCUT2D eigenvalue weighted by Gasteiger charge is -2.38. The SMILES string of the molecule is C[Si](C)(C)CCOCn1ccc2c3c(cnc21)CNC(=O)N3C1CCCCC1. The summed E-state index contributed by atoms with van der Waals surface area (Å²) in [6.45, 7) is 8.94. The first kappa shape index (κ1) is 19.5. The van der Waals surface area contributed by atoms with E-state index in [-0.39, 0.29) is 12.1 Å². The van der Waals surface area contributed by atoms with Crippen LogP contribution >= 0.6 is 0 Å². The monoisotopic (exact) mass is 400 g/mol. The Balaban J connectivity index is 1.60. The Kier molecular flexibility index (Phi) is 5.47. The molecule has 6 nitrogen and oxygen atoms in total. The predicted octanol–water partition coefficient (Wildman–Crippen LogP) is 4.71. The average Bonchev–Trinajstić information content (AvgIpc) is 3.08. The predicted molar refractivity (Wildman–Crippen MR) is 115 cm³/mol. The molecule has 0 bridgehead atoms. The zero-order valence-corrected chi connectivity index (χ0v) is 18.3. The fraction of sp³-hybridized carbons (Fsp3) is 0.619. The maximum atomic E-state index is 12.8. The third-order valence-electron chi connectivity index (χ3n) is 5.89. The van der Waals surface area contributed by atoms with Gasteiger partial charge in [-0.1, -0.05) is 38.9 Å². The van der Waals surface area contributed by atoms with Gasteiger partial charge in [-0.2, -0.15) is 0 Å². The van der Waals surface area contributed by atoms with Gasteiger partial charge in [-0.15, -0.1) is 0 Å². The highest BCUT2D eigenvalue weighted by atomic mass is 28.3. The van der Waals surface area contributed by atoms with Crippen LogP contribution in [0.1, 0.15) is 37.7 Å². The standard InChI is InChI=1S/C21H32N4O2Si/c1-28(2,3)12-11-27-15-24-10-9-18-19-16(13-22-20(18)24)14-23-21(26)25(19)17-7-5-4-6-8-17/h9-10,13,17H,4-8,11-12,14-15H2,1-3H3,(H,23,26). The molecule has 2 aromatic rings. The molecule has 0 saturated heterocycles. The van der Waals surface area contributed by atoms with Gasteiger partial charge in [0.15, 0.2) is 0 Å². The number of carbonyl (C=O) groups is 1. The number of nitrogens with one attached hydrogen (secondary N) is 1. The van der Waals surface area contributed by atoms with Crippen molar-refractivity contribution in [3.8, 4) is 0 Å². The number of rotatable bonds is 6. The molecule has 1 N–H and O–H groups in total. The molecule has 2 aliphatic rings. The number of amides is 2. The van der Waals surface area contributed by atoms with Gasteiger partial charge in [-0.3, -0.25) is 4.90 Å². The maximum absolute atomic E-state index is 12.8. The summed E-state index contributed by atoms with van der Waals surface area (Å²) in [4.78, 5) is 19.5. The molecule has 0 spiro atoms. The van der Waals surface area contributed by atoms with E-state index in [4.69, 9.17) is 9.72 Å². The van der Waals surface area contributed by atoms with Crippen LogP contribution in [0.25, 0.3) is 11.0 Å². The maximum Gasteiger partial charge on any atom is 0.322 e. The van der Waals surface area contributed by atoms with Crippen molar-refractivity contribution in [2.75, 3.05) is 11.5 Å². The van der Waals surface area contributed by atoms with Crippen LogP contribution in [0.4, 0.5) is 10.5 Å². The minimum absolute atomic E-state index is 0.0334. The molecule has 0 unspecified atom stereocenters. The molecule has 2 aromatic heterocycles. The van der Waals surface area contributed by atoms with Gasteiger partial charge in [0.1, 0.15) is 12.4 Å². The second-order valence-electron chi connectivity index (χ2n) is 9.32. The highest BCUT2D eigenvalue weighted by molar-refractivity contribution is 6.76. The van der Waals surface area contributed by atoms with Gasteiger partial charge >= 0.3 is 6.03 Å². The summed E-state index contributed by atoms with van der Waals surface area (Å²) in [5, 5.41) is 4.09. The number of fused-ring (bicyclic) bond motifs is 3. The largest absolute Gasteiger partial charge is 0.361 e. The molecule has 28 heavy (non-hydrogen) atoms. The molecule has 3 heterocycles. The van der Waals surface area contributed by atoms with Crippen molar-refractivity contribution in [2.24, 2.45) is 0 Å². The molecule has 0 atom stereocenters. The number of urea groups is 1. The van der Waals surface area contributed by atoms with Crippen LogP contribution < -0.4 is 10.2 Å². The second-order valence-corrected chi connectivity index (χ2v) is 14.9. The number of nitrogens with zero attached hydrogens (tertiary/aromatic N) is 3. The van der Waals surface area contributed by atoms with Crippen LogP contribution in [-0.2, 0) is 18.0 Å². The summed E-state index contributed by atoms with van der Waals surface area (Å²) < 4.78 is 8.00. The Bertz CT molecular complexity index is 852. The molecule has 7 heteroatoms. The lowest BCUT2D eigenvalue weighted by molar-refractivity contribution is 0.0899. The average molecular weight is 401 g/mol. The van der Waals surface area contributed by atoms with Crippen LogP contribution in [-0.4, -0.2) is 36.3 Å². The fourth-order valence-electron chi connectivity index (χ4n) is 4.27. The Morgan fingerprint density at radius 1 is 1.25 bits per heavy atom. The van der Waals surface area contributed by atoms with E-state index in [9.17, 15) is 4.79 Å². The molecule has 152 valence electrons. The van der Waals surface area contributed by atoms with Gasteiger partial charge in [0.2, 0.25) is 0 Å². The van der Waals surface area contributed by atoms with E-state index < -0.39 is 8.07 Å². The Hall–Kier alpha value is -1.86. The zero-order chi connectivity index (χ0) is 19.7. The molecule has 0 aromatic carbocycles. The number of hydrogen-bond donors (Lipinski definition) is 1. The van der Waals surface area contributed by atoms with Crippen LogP contribution in [0.2, 0.25) is 25.7 Å². The van der Waals surface area contributed by atoms with Crippen molar-refractivity contribution < 1.29 is 9.53 Å². The number of aromatic nitrogens is 2. The highest BCUT2D eigenvalue weighted by Gasteiger charge is 2.33. The van der Waals surface area contributed by atoms with E-state index in [0.29, 0.717) is 13.3 Å². The highest BCUT2D eigenvalue weighted by Crippen LogP contribution is 2.37. The van der Waals surface area contributed by atoms with Crippen molar-refractivity contribution >= 4 is 30.8 Å². The van der Waals surface area contributed by atoms with Gasteiger partial charge in [0, 0.05) is 50.6 Å². The van der Waals surface area contributed by atoms with Crippen molar-refractivity contribution in [1.82, 2.24) is 14.9 Å². The van der Waals surface area contributed by atoms with Crippen LogP contribution in [0.15, 0.2) is 18.5 Å². The third kappa shape index (κ3) is 3.96. The fourth-order valence-corrected chi connectivity index (χ4v) is 5.03. The van der Waals surface area contributed by atoms with Gasteiger partial charge in [-0.05, 0) is 25.0 Å². The molecule has 1 saturated carbocycles. The number of pyridine rings is 1. The van der Waals surface area contributed by atoms with Crippen molar-refractivity contribution in [3.63, 3.8) is 0 Å². The van der Waals surface area contributed by atoms with E-state index in [1.807, 2.05) is 17.3 Å². The number of ether oxygens (including phenoxy) is 1. The van der Waals surface area contributed by atoms with Crippen molar-refractivity contribution in [2.45, 2.75) is 77.1 Å². The number of hydrogen-bond acceptors (Lipinski definition) is 3. The quantitative estimate of drug-likeness (QED) is 0.564. The molecule has 1 aliphatic heterocycles. The second kappa shape index (κ2) is 7.87. The van der Waals surface area contributed by atoms with E-state index in [2.05, 4.69) is 35.6 Å². The minimum atomic E-state index is -1.09. The smallest absolute Gasteiger partial charge is 0.322 e. The van der Waals surface area contributed by atoms with E-state index in [1.165, 1.54) is 19.3 Å². The molecular weight excluding hydrogens is 368 g/mol. The first-order valence-corrected chi connectivity index (χ1v) is 14.3. The lowest BCUT2D eigenvalue weighted by Crippen LogP contribution is -2.50. The molecule has 2 amide bonds. The number of carbonyl (C=O) groups excluding carboxylic acids is 1. The van der Waals surface area contributed by atoms with Gasteiger partial charge in [0.05, 0.1) is 5.69 Å². The summed E-state index contributed by atoms with van der Waals surface area (Å²) >= 11 is 0. The van der Waals surface area contributed by atoms with E-state index >= 15 is 0 Å². The summed E-state index contributed by atoms with van der Waals surface area (Å²) in [6.07, 6.45) is 9.79. The molecular formula is C21H32N4O2Si. The molecule has 4 rings (SSSR count). The van der Waals surface area contributed by atoms with Gasteiger partial charge in [-0.25, -0.2) is 9.78 Å². The summed E-state index contributed by atoms with van der Waals surface area (Å²) in [5.74, 6) is 0. The lowest BCUT2D eigenvalue weighted by atomic mass is 9.93. The summed E-state index contributed by atoms with van der Waals surface area (Å²) in [7, 11) is -1.09. The van der Waals surface area contributed by atoms with E-state index in [0.717, 1.165) is 47.8 Å². The zero-order valence-electron chi connectivity index (χ0n) is 17.3. The molecule has 1 aliphatic carbocycles. The number of anilines is 1. The summed E-state index contributed by atoms with van der Waals surface area (Å²) in [6, 6.07) is 3.57. The first-order chi connectivity index (χ1) is 13.4. The van der Waals surface area contributed by atoms with Crippen molar-refractivity contribution in [1.29, 1.82) is 0 Å². The minimum Gasteiger partial charge on any atom is -0.361 e.